The van der Waals surface area contributed by atoms with Gasteiger partial charge in [-0.15, -0.1) is 5.10 Å². The van der Waals surface area contributed by atoms with Crippen LogP contribution < -0.4 is 0 Å². The molecular formula is C4HN4O. The summed E-state index contributed by atoms with van der Waals surface area (Å²) in [5.41, 5.74) is 0.870. The molecule has 0 N–H and O–H groups in total. The summed E-state index contributed by atoms with van der Waals surface area (Å²) in [6, 6.07) is 0. The number of hydrogen-bond acceptors (Lipinski definition) is 5. The van der Waals surface area contributed by atoms with Crippen molar-refractivity contribution in [1.82, 2.24) is 20.4 Å². The molecule has 0 aliphatic rings. The standard InChI is InChI=1S/C4HN4O/c1-3-4(7-8-6-1)9-2-5-3/h2H. The van der Waals surface area contributed by atoms with E-state index in [2.05, 4.69) is 26.6 Å². The summed E-state index contributed by atoms with van der Waals surface area (Å²) in [5.74, 6) is 0. The van der Waals surface area contributed by atoms with Crippen molar-refractivity contribution in [3.05, 3.63) is 12.6 Å². The van der Waals surface area contributed by atoms with Crippen LogP contribution in [0, 0.1) is 6.20 Å². The highest BCUT2D eigenvalue weighted by molar-refractivity contribution is 5.63. The fourth-order valence-corrected chi connectivity index (χ4v) is 0.520. The van der Waals surface area contributed by atoms with Gasteiger partial charge in [-0.1, -0.05) is 5.10 Å². The Labute approximate surface area is 49.7 Å². The zero-order valence-electron chi connectivity index (χ0n) is 4.27. The third-order valence-electron chi connectivity index (χ3n) is 0.885. The fraction of sp³-hybridized carbons (Fsp3) is 0. The maximum atomic E-state index is 4.76. The highest BCUT2D eigenvalue weighted by atomic mass is 16.3. The van der Waals surface area contributed by atoms with E-state index < -0.39 is 0 Å². The van der Waals surface area contributed by atoms with E-state index in [-0.39, 0.29) is 0 Å². The molecule has 5 heteroatoms. The maximum absolute atomic E-state index is 4.76. The zero-order chi connectivity index (χ0) is 6.10. The average molecular weight is 121 g/mol. The Morgan fingerprint density at radius 1 is 1.56 bits per heavy atom. The first-order chi connectivity index (χ1) is 4.47. The Morgan fingerprint density at radius 2 is 2.56 bits per heavy atom. The normalized spacial score (nSPS) is 10.2. The Kier molecular flexibility index (Phi) is 0.717. The van der Waals surface area contributed by atoms with Crippen LogP contribution in [-0.2, 0) is 0 Å². The van der Waals surface area contributed by atoms with Crippen LogP contribution in [0.5, 0.6) is 0 Å². The second kappa shape index (κ2) is 1.48. The molecule has 0 bridgehead atoms. The number of rotatable bonds is 0. The van der Waals surface area contributed by atoms with Crippen LogP contribution in [0.2, 0.25) is 0 Å². The van der Waals surface area contributed by atoms with E-state index in [1.807, 2.05) is 0 Å². The number of oxazole rings is 1. The molecule has 0 aromatic carbocycles. The van der Waals surface area contributed by atoms with E-state index in [0.29, 0.717) is 11.2 Å². The molecule has 0 aliphatic heterocycles. The second-order valence-electron chi connectivity index (χ2n) is 1.41. The van der Waals surface area contributed by atoms with Gasteiger partial charge in [-0.3, -0.25) is 0 Å². The Bertz CT molecular complexity index is 287. The Hall–Kier alpha value is -1.52. The van der Waals surface area contributed by atoms with Crippen molar-refractivity contribution in [2.45, 2.75) is 0 Å². The second-order valence-corrected chi connectivity index (χ2v) is 1.41. The Morgan fingerprint density at radius 3 is 3.44 bits per heavy atom. The summed E-state index contributed by atoms with van der Waals surface area (Å²) in [6.07, 6.45) is 3.78. The van der Waals surface area contributed by atoms with Crippen LogP contribution >= 0.6 is 0 Å². The number of nitrogens with zero attached hydrogens (tertiary/aromatic N) is 4. The third-order valence-corrected chi connectivity index (χ3v) is 0.885. The molecule has 0 fully saturated rings. The predicted molar refractivity (Wildman–Crippen MR) is 26.2 cm³/mol. The predicted octanol–water partition coefficient (Wildman–Crippen LogP) is -0.187. The zero-order valence-corrected chi connectivity index (χ0v) is 4.27. The van der Waals surface area contributed by atoms with Gasteiger partial charge in [-0.25, -0.2) is 4.98 Å². The quantitative estimate of drug-likeness (QED) is 0.483. The molecule has 2 rings (SSSR count). The summed E-state index contributed by atoms with van der Waals surface area (Å²) < 4.78 is 4.76. The molecule has 5 nitrogen and oxygen atoms in total. The summed E-state index contributed by atoms with van der Waals surface area (Å²) in [6.45, 7) is 0. The van der Waals surface area contributed by atoms with Crippen molar-refractivity contribution < 1.29 is 4.42 Å². The van der Waals surface area contributed by atoms with E-state index >= 15 is 0 Å². The molecule has 1 radical (unpaired) electrons. The summed E-state index contributed by atoms with van der Waals surface area (Å²) in [5, 5.41) is 10.2. The van der Waals surface area contributed by atoms with Gasteiger partial charge in [-0.2, -0.15) is 0 Å². The third kappa shape index (κ3) is 0.543. The van der Waals surface area contributed by atoms with Crippen molar-refractivity contribution in [2.75, 3.05) is 0 Å². The van der Waals surface area contributed by atoms with E-state index in [4.69, 9.17) is 4.42 Å². The molecule has 2 heterocycles. The van der Waals surface area contributed by atoms with Crippen LogP contribution in [-0.4, -0.2) is 20.4 Å². The average Bonchev–Trinajstić information content (AvgIpc) is 2.33. The number of hydrogen-bond donors (Lipinski definition) is 0. The summed E-state index contributed by atoms with van der Waals surface area (Å²) in [7, 11) is 0. The number of fused-ring (bicyclic) bond motifs is 1. The molecule has 0 aliphatic carbocycles. The number of aromatic nitrogens is 4. The van der Waals surface area contributed by atoms with Gasteiger partial charge < -0.3 is 4.42 Å². The lowest BCUT2D eigenvalue weighted by atomic mass is 10.6. The fourth-order valence-electron chi connectivity index (χ4n) is 0.520. The van der Waals surface area contributed by atoms with Crippen LogP contribution in [0.25, 0.3) is 11.2 Å². The van der Waals surface area contributed by atoms with E-state index in [0.717, 1.165) is 0 Å². The molecule has 0 saturated heterocycles. The van der Waals surface area contributed by atoms with Crippen LogP contribution in [0.3, 0.4) is 0 Å². The summed E-state index contributed by atoms with van der Waals surface area (Å²) >= 11 is 0. The minimum absolute atomic E-state index is 0.366. The first-order valence-electron chi connectivity index (χ1n) is 2.27. The van der Waals surface area contributed by atoms with Gasteiger partial charge in [0.1, 0.15) is 6.20 Å². The lowest BCUT2D eigenvalue weighted by Gasteiger charge is -1.75. The SMILES string of the molecule is [c]1nnnc2ocnc12. The lowest BCUT2D eigenvalue weighted by Crippen LogP contribution is -1.83. The molecule has 2 aromatic rings. The highest BCUT2D eigenvalue weighted by Crippen LogP contribution is 2.01. The van der Waals surface area contributed by atoms with Crippen LogP contribution in [0.1, 0.15) is 0 Å². The van der Waals surface area contributed by atoms with Gasteiger partial charge in [0.2, 0.25) is 0 Å². The van der Waals surface area contributed by atoms with Crippen LogP contribution in [0.15, 0.2) is 10.8 Å². The van der Waals surface area contributed by atoms with Crippen molar-refractivity contribution >= 4 is 11.2 Å². The first-order valence-corrected chi connectivity index (χ1v) is 2.27. The van der Waals surface area contributed by atoms with E-state index in [1.165, 1.54) is 6.39 Å². The van der Waals surface area contributed by atoms with Crippen LogP contribution in [0.4, 0.5) is 0 Å². The highest BCUT2D eigenvalue weighted by Gasteiger charge is 1.96. The maximum Gasteiger partial charge on any atom is 0.270 e. The van der Waals surface area contributed by atoms with Crippen molar-refractivity contribution in [1.29, 1.82) is 0 Å². The van der Waals surface area contributed by atoms with E-state index in [1.54, 1.807) is 0 Å². The molecule has 2 aromatic heterocycles. The van der Waals surface area contributed by atoms with Crippen molar-refractivity contribution in [3.63, 3.8) is 0 Å². The molecule has 0 amide bonds. The molecule has 0 atom stereocenters. The lowest BCUT2D eigenvalue weighted by molar-refractivity contribution is 0.581. The monoisotopic (exact) mass is 121 g/mol. The van der Waals surface area contributed by atoms with Gasteiger partial charge in [0.25, 0.3) is 5.71 Å². The minimum atomic E-state index is 0.366. The van der Waals surface area contributed by atoms with Gasteiger partial charge in [-0.05, 0) is 5.21 Å². The summed E-state index contributed by atoms with van der Waals surface area (Å²) in [4.78, 5) is 3.73. The largest absolute Gasteiger partial charge is 0.424 e. The minimum Gasteiger partial charge on any atom is -0.424 e. The van der Waals surface area contributed by atoms with Gasteiger partial charge in [0, 0.05) is 0 Å². The van der Waals surface area contributed by atoms with Gasteiger partial charge >= 0.3 is 0 Å². The molecule has 0 saturated carbocycles. The molecule has 9 heavy (non-hydrogen) atoms. The van der Waals surface area contributed by atoms with Crippen molar-refractivity contribution in [3.8, 4) is 0 Å². The topological polar surface area (TPSA) is 64.7 Å². The molecule has 0 unspecified atom stereocenters. The van der Waals surface area contributed by atoms with Gasteiger partial charge in [0.05, 0.1) is 0 Å². The molecule has 43 valence electrons. The molecular weight excluding hydrogens is 120 g/mol. The van der Waals surface area contributed by atoms with Gasteiger partial charge in [0.15, 0.2) is 11.9 Å². The van der Waals surface area contributed by atoms with E-state index in [9.17, 15) is 0 Å². The Balaban J connectivity index is 2.95. The smallest absolute Gasteiger partial charge is 0.270 e. The first kappa shape index (κ1) is 4.37. The van der Waals surface area contributed by atoms with Crippen molar-refractivity contribution in [2.24, 2.45) is 0 Å². The molecule has 0 spiro atoms.